The van der Waals surface area contributed by atoms with Gasteiger partial charge in [-0.2, -0.15) is 0 Å². The van der Waals surface area contributed by atoms with Crippen LogP contribution in [-0.2, 0) is 0 Å². The summed E-state index contributed by atoms with van der Waals surface area (Å²) in [5.41, 5.74) is 0.844. The molecular formula is C9H8BrClF. The molecule has 12 heavy (non-hydrogen) atoms. The highest BCUT2D eigenvalue weighted by atomic mass is 79.9. The first kappa shape index (κ1) is 10.0. The van der Waals surface area contributed by atoms with Crippen LogP contribution in [0.5, 0.6) is 0 Å². The predicted octanol–water partition coefficient (Wildman–Crippen LogP) is 4.01. The third kappa shape index (κ3) is 2.46. The zero-order valence-electron chi connectivity index (χ0n) is 6.57. The van der Waals surface area contributed by atoms with Gasteiger partial charge in [-0.25, -0.2) is 0 Å². The molecule has 0 aliphatic rings. The van der Waals surface area contributed by atoms with E-state index in [1.807, 2.05) is 6.07 Å². The molecule has 1 rings (SSSR count). The van der Waals surface area contributed by atoms with Gasteiger partial charge < -0.3 is 0 Å². The van der Waals surface area contributed by atoms with Crippen molar-refractivity contribution < 1.29 is 4.39 Å². The molecule has 0 fully saturated rings. The Hall–Kier alpha value is -0.0800. The van der Waals surface area contributed by atoms with Crippen molar-refractivity contribution >= 4 is 27.5 Å². The molecule has 0 aromatic heterocycles. The summed E-state index contributed by atoms with van der Waals surface area (Å²) in [6.45, 7) is 1.31. The van der Waals surface area contributed by atoms with Gasteiger partial charge in [0.1, 0.15) is 0 Å². The van der Waals surface area contributed by atoms with E-state index in [9.17, 15) is 4.39 Å². The van der Waals surface area contributed by atoms with Gasteiger partial charge in [0.05, 0.1) is 6.67 Å². The normalized spacial score (nSPS) is 10.8. The minimum atomic E-state index is -0.438. The summed E-state index contributed by atoms with van der Waals surface area (Å²) in [7, 11) is 0. The maximum absolute atomic E-state index is 12.2. The van der Waals surface area contributed by atoms with Crippen LogP contribution < -0.4 is 0 Å². The molecule has 0 bridgehead atoms. The van der Waals surface area contributed by atoms with E-state index >= 15 is 0 Å². The Kier molecular flexibility index (Phi) is 3.53. The van der Waals surface area contributed by atoms with Crippen molar-refractivity contribution in [3.63, 3.8) is 0 Å². The Balaban J connectivity index is 3.00. The molecule has 0 saturated heterocycles. The first-order chi connectivity index (χ1) is 5.63. The molecule has 0 spiro atoms. The SMILES string of the molecule is C[C](CF)c1cc(Cl)cc(Br)c1. The Bertz CT molecular complexity index is 255. The van der Waals surface area contributed by atoms with Crippen LogP contribution in [0.15, 0.2) is 22.7 Å². The fraction of sp³-hybridized carbons (Fsp3) is 0.222. The first-order valence-corrected chi connectivity index (χ1v) is 4.65. The zero-order chi connectivity index (χ0) is 9.14. The molecule has 0 aliphatic carbocycles. The molecule has 1 aromatic rings. The summed E-state index contributed by atoms with van der Waals surface area (Å²) >= 11 is 9.08. The molecule has 3 heteroatoms. The zero-order valence-corrected chi connectivity index (χ0v) is 8.91. The number of rotatable bonds is 2. The van der Waals surface area contributed by atoms with Crippen molar-refractivity contribution in [1.29, 1.82) is 0 Å². The van der Waals surface area contributed by atoms with Gasteiger partial charge in [-0.05, 0) is 23.8 Å². The lowest BCUT2D eigenvalue weighted by atomic mass is 10.0. The molecule has 1 radical (unpaired) electrons. The molecule has 0 atom stereocenters. The molecule has 0 N–H and O–H groups in total. The fourth-order valence-corrected chi connectivity index (χ4v) is 1.74. The average molecular weight is 251 g/mol. The minimum absolute atomic E-state index is 0.438. The summed E-state index contributed by atoms with van der Waals surface area (Å²) in [5.74, 6) is 0.693. The van der Waals surface area contributed by atoms with E-state index in [1.54, 1.807) is 19.1 Å². The minimum Gasteiger partial charge on any atom is -0.250 e. The summed E-state index contributed by atoms with van der Waals surface area (Å²) in [4.78, 5) is 0. The van der Waals surface area contributed by atoms with E-state index in [4.69, 9.17) is 11.6 Å². The highest BCUT2D eigenvalue weighted by Gasteiger charge is 2.06. The van der Waals surface area contributed by atoms with Crippen molar-refractivity contribution in [2.45, 2.75) is 6.92 Å². The van der Waals surface area contributed by atoms with Crippen LogP contribution in [0.4, 0.5) is 4.39 Å². The van der Waals surface area contributed by atoms with Crippen molar-refractivity contribution in [1.82, 2.24) is 0 Å². The van der Waals surface area contributed by atoms with Crippen molar-refractivity contribution in [3.05, 3.63) is 39.2 Å². The quantitative estimate of drug-likeness (QED) is 0.744. The van der Waals surface area contributed by atoms with E-state index in [-0.39, 0.29) is 0 Å². The molecule has 0 heterocycles. The maximum Gasteiger partial charge on any atom is 0.0997 e. The second-order valence-electron chi connectivity index (χ2n) is 2.57. The summed E-state index contributed by atoms with van der Waals surface area (Å²) in [6, 6.07) is 5.37. The number of hydrogen-bond donors (Lipinski definition) is 0. The fourth-order valence-electron chi connectivity index (χ4n) is 0.877. The number of hydrogen-bond acceptors (Lipinski definition) is 0. The smallest absolute Gasteiger partial charge is 0.0997 e. The van der Waals surface area contributed by atoms with Gasteiger partial charge in [0.25, 0.3) is 0 Å². The monoisotopic (exact) mass is 249 g/mol. The van der Waals surface area contributed by atoms with E-state index in [0.29, 0.717) is 10.9 Å². The van der Waals surface area contributed by atoms with E-state index < -0.39 is 6.67 Å². The van der Waals surface area contributed by atoms with Gasteiger partial charge in [0, 0.05) is 15.4 Å². The van der Waals surface area contributed by atoms with Gasteiger partial charge in [-0.1, -0.05) is 34.5 Å². The molecule has 0 saturated carbocycles. The lowest BCUT2D eigenvalue weighted by molar-refractivity contribution is 0.516. The number of alkyl halides is 1. The van der Waals surface area contributed by atoms with Gasteiger partial charge >= 0.3 is 0 Å². The van der Waals surface area contributed by atoms with Crippen LogP contribution in [0.25, 0.3) is 0 Å². The van der Waals surface area contributed by atoms with Crippen molar-refractivity contribution in [2.75, 3.05) is 6.67 Å². The van der Waals surface area contributed by atoms with Crippen LogP contribution in [0, 0.1) is 5.92 Å². The Morgan fingerprint density at radius 1 is 1.50 bits per heavy atom. The van der Waals surface area contributed by atoms with E-state index in [2.05, 4.69) is 15.9 Å². The third-order valence-electron chi connectivity index (χ3n) is 1.56. The van der Waals surface area contributed by atoms with Crippen LogP contribution in [0.2, 0.25) is 5.02 Å². The molecule has 0 unspecified atom stereocenters. The Morgan fingerprint density at radius 2 is 2.17 bits per heavy atom. The molecule has 1 aromatic carbocycles. The van der Waals surface area contributed by atoms with Crippen LogP contribution in [0.1, 0.15) is 12.5 Å². The lowest BCUT2D eigenvalue weighted by Crippen LogP contribution is -1.96. The number of halogens is 3. The van der Waals surface area contributed by atoms with E-state index in [1.165, 1.54) is 0 Å². The molecule has 0 nitrogen and oxygen atoms in total. The largest absolute Gasteiger partial charge is 0.250 e. The topological polar surface area (TPSA) is 0 Å². The Labute approximate surface area is 84.9 Å². The molecule has 65 valence electrons. The van der Waals surface area contributed by atoms with Crippen LogP contribution in [-0.4, -0.2) is 6.67 Å². The highest BCUT2D eigenvalue weighted by molar-refractivity contribution is 9.10. The van der Waals surface area contributed by atoms with Crippen molar-refractivity contribution in [3.8, 4) is 0 Å². The highest BCUT2D eigenvalue weighted by Crippen LogP contribution is 2.24. The van der Waals surface area contributed by atoms with Gasteiger partial charge in [0.15, 0.2) is 0 Å². The molecule has 0 amide bonds. The first-order valence-electron chi connectivity index (χ1n) is 3.48. The summed E-state index contributed by atoms with van der Waals surface area (Å²) < 4.78 is 13.1. The second-order valence-corrected chi connectivity index (χ2v) is 3.92. The molecular weight excluding hydrogens is 242 g/mol. The van der Waals surface area contributed by atoms with Gasteiger partial charge in [0.2, 0.25) is 0 Å². The average Bonchev–Trinajstić information content (AvgIpc) is 2.01. The molecule has 0 aliphatic heterocycles. The van der Waals surface area contributed by atoms with Crippen LogP contribution in [0.3, 0.4) is 0 Å². The van der Waals surface area contributed by atoms with Crippen LogP contribution >= 0.6 is 27.5 Å². The van der Waals surface area contributed by atoms with Gasteiger partial charge in [-0.3, -0.25) is 4.39 Å². The summed E-state index contributed by atoms with van der Waals surface area (Å²) in [6.07, 6.45) is 0. The second kappa shape index (κ2) is 4.24. The van der Waals surface area contributed by atoms with Gasteiger partial charge in [-0.15, -0.1) is 0 Å². The maximum atomic E-state index is 12.2. The van der Waals surface area contributed by atoms with E-state index in [0.717, 1.165) is 10.0 Å². The lowest BCUT2D eigenvalue weighted by Gasteiger charge is -2.06. The standard InChI is InChI=1S/C9H8BrClF/c1-6(5-12)7-2-8(10)4-9(11)3-7/h2-4H,5H2,1H3. The van der Waals surface area contributed by atoms with Crippen molar-refractivity contribution in [2.24, 2.45) is 0 Å². The third-order valence-corrected chi connectivity index (χ3v) is 2.23. The predicted molar refractivity (Wildman–Crippen MR) is 53.1 cm³/mol. The summed E-state index contributed by atoms with van der Waals surface area (Å²) in [5, 5.41) is 0.618. The Morgan fingerprint density at radius 3 is 2.67 bits per heavy atom. The number of benzene rings is 1.